The molecule has 0 atom stereocenters. The van der Waals surface area contributed by atoms with Gasteiger partial charge in [0.2, 0.25) is 0 Å². The Morgan fingerprint density at radius 2 is 1.81 bits per heavy atom. The van der Waals surface area contributed by atoms with Crippen LogP contribution < -0.4 is 14.8 Å². The highest BCUT2D eigenvalue weighted by molar-refractivity contribution is 6.31. The molecule has 0 unspecified atom stereocenters. The fraction of sp³-hybridized carbons (Fsp3) is 0.150. The summed E-state index contributed by atoms with van der Waals surface area (Å²) >= 11 is 5.99. The number of aryl methyl sites for hydroxylation is 1. The van der Waals surface area contributed by atoms with Gasteiger partial charge in [-0.1, -0.05) is 11.6 Å². The van der Waals surface area contributed by atoms with Crippen molar-refractivity contribution in [1.29, 1.82) is 0 Å². The Morgan fingerprint density at radius 1 is 1.08 bits per heavy atom. The molecule has 1 aromatic heterocycles. The average molecular weight is 372 g/mol. The molecule has 1 heterocycles. The van der Waals surface area contributed by atoms with E-state index in [2.05, 4.69) is 5.32 Å². The molecule has 0 bridgehead atoms. The predicted octanol–water partition coefficient (Wildman–Crippen LogP) is 5.08. The van der Waals surface area contributed by atoms with Gasteiger partial charge >= 0.3 is 0 Å². The molecule has 6 heteroatoms. The summed E-state index contributed by atoms with van der Waals surface area (Å²) in [5.74, 6) is 1.85. The van der Waals surface area contributed by atoms with E-state index in [4.69, 9.17) is 25.5 Å². The molecule has 0 aliphatic heterocycles. The first-order valence-corrected chi connectivity index (χ1v) is 8.36. The summed E-state index contributed by atoms with van der Waals surface area (Å²) in [7, 11) is 1.59. The zero-order valence-corrected chi connectivity index (χ0v) is 15.2. The van der Waals surface area contributed by atoms with Gasteiger partial charge < -0.3 is 19.2 Å². The third-order valence-electron chi connectivity index (χ3n) is 3.74. The van der Waals surface area contributed by atoms with Crippen LogP contribution in [0, 0.1) is 6.92 Å². The van der Waals surface area contributed by atoms with Crippen molar-refractivity contribution in [3.63, 3.8) is 0 Å². The van der Waals surface area contributed by atoms with Crippen LogP contribution in [0.4, 0.5) is 5.69 Å². The summed E-state index contributed by atoms with van der Waals surface area (Å²) in [5, 5.41) is 3.45. The molecular weight excluding hydrogens is 354 g/mol. The number of halogens is 1. The van der Waals surface area contributed by atoms with E-state index >= 15 is 0 Å². The number of carbonyl (C=O) groups is 1. The minimum absolute atomic E-state index is 0.215. The van der Waals surface area contributed by atoms with Gasteiger partial charge in [0.05, 0.1) is 7.11 Å². The Balaban J connectivity index is 1.59. The van der Waals surface area contributed by atoms with Gasteiger partial charge in [-0.05, 0) is 67.1 Å². The highest BCUT2D eigenvalue weighted by Crippen LogP contribution is 2.22. The fourth-order valence-corrected chi connectivity index (χ4v) is 2.42. The Kier molecular flexibility index (Phi) is 5.49. The van der Waals surface area contributed by atoms with Gasteiger partial charge in [-0.3, -0.25) is 4.79 Å². The van der Waals surface area contributed by atoms with E-state index in [0.29, 0.717) is 22.2 Å². The quantitative estimate of drug-likeness (QED) is 0.656. The number of hydrogen-bond acceptors (Lipinski definition) is 4. The first-order chi connectivity index (χ1) is 12.5. The van der Waals surface area contributed by atoms with Crippen LogP contribution in [0.5, 0.6) is 11.5 Å². The molecule has 2 aromatic carbocycles. The minimum Gasteiger partial charge on any atom is -0.497 e. The van der Waals surface area contributed by atoms with Crippen LogP contribution in [0.3, 0.4) is 0 Å². The summed E-state index contributed by atoms with van der Waals surface area (Å²) < 4.78 is 16.3. The van der Waals surface area contributed by atoms with Crippen molar-refractivity contribution < 1.29 is 18.7 Å². The van der Waals surface area contributed by atoms with E-state index in [-0.39, 0.29) is 18.3 Å². The average Bonchev–Trinajstić information content (AvgIpc) is 3.12. The Labute approximate surface area is 156 Å². The molecule has 3 aromatic rings. The first kappa shape index (κ1) is 17.9. The van der Waals surface area contributed by atoms with Crippen molar-refractivity contribution in [2.24, 2.45) is 0 Å². The van der Waals surface area contributed by atoms with E-state index in [1.165, 1.54) is 0 Å². The number of hydrogen-bond donors (Lipinski definition) is 1. The molecule has 0 saturated carbocycles. The summed E-state index contributed by atoms with van der Waals surface area (Å²) in [6.07, 6.45) is 0. The molecule has 3 rings (SSSR count). The van der Waals surface area contributed by atoms with Gasteiger partial charge in [0.1, 0.15) is 23.9 Å². The molecule has 0 aliphatic rings. The number of benzene rings is 2. The lowest BCUT2D eigenvalue weighted by atomic mass is 10.2. The summed E-state index contributed by atoms with van der Waals surface area (Å²) in [4.78, 5) is 12.2. The predicted molar refractivity (Wildman–Crippen MR) is 100 cm³/mol. The monoisotopic (exact) mass is 371 g/mol. The standard InChI is InChI=1S/C20H18ClNO4/c1-13-11-16(7-9-18(13)21)25-12-17-8-10-19(26-17)20(23)22-14-3-5-15(24-2)6-4-14/h3-11H,12H2,1-2H3,(H,22,23). The SMILES string of the molecule is COc1ccc(NC(=O)c2ccc(COc3ccc(Cl)c(C)c3)o2)cc1. The van der Waals surface area contributed by atoms with Crippen LogP contribution >= 0.6 is 11.6 Å². The van der Waals surface area contributed by atoms with Gasteiger partial charge in [0, 0.05) is 10.7 Å². The smallest absolute Gasteiger partial charge is 0.291 e. The van der Waals surface area contributed by atoms with Gasteiger partial charge in [0.15, 0.2) is 5.76 Å². The van der Waals surface area contributed by atoms with Crippen molar-refractivity contribution in [2.45, 2.75) is 13.5 Å². The molecular formula is C20H18ClNO4. The van der Waals surface area contributed by atoms with Crippen LogP contribution in [-0.4, -0.2) is 13.0 Å². The second-order valence-corrected chi connectivity index (χ2v) is 6.06. The number of amides is 1. The normalized spacial score (nSPS) is 10.4. The Bertz CT molecular complexity index is 902. The molecule has 0 saturated heterocycles. The number of methoxy groups -OCH3 is 1. The summed E-state index contributed by atoms with van der Waals surface area (Å²) in [5.41, 5.74) is 1.59. The summed E-state index contributed by atoms with van der Waals surface area (Å²) in [6, 6.07) is 15.8. The zero-order valence-electron chi connectivity index (χ0n) is 14.4. The second-order valence-electron chi connectivity index (χ2n) is 5.65. The lowest BCUT2D eigenvalue weighted by Gasteiger charge is -2.06. The highest BCUT2D eigenvalue weighted by atomic mass is 35.5. The number of ether oxygens (including phenoxy) is 2. The van der Waals surface area contributed by atoms with Crippen molar-refractivity contribution in [2.75, 3.05) is 12.4 Å². The molecule has 134 valence electrons. The summed E-state index contributed by atoms with van der Waals surface area (Å²) in [6.45, 7) is 2.13. The fourth-order valence-electron chi connectivity index (χ4n) is 2.31. The number of anilines is 1. The lowest BCUT2D eigenvalue weighted by Crippen LogP contribution is -2.10. The number of carbonyl (C=O) groups excluding carboxylic acids is 1. The van der Waals surface area contributed by atoms with Crippen LogP contribution in [0.1, 0.15) is 21.9 Å². The number of nitrogens with one attached hydrogen (secondary N) is 1. The Morgan fingerprint density at radius 3 is 2.50 bits per heavy atom. The largest absolute Gasteiger partial charge is 0.497 e. The Hall–Kier alpha value is -2.92. The topological polar surface area (TPSA) is 60.7 Å². The lowest BCUT2D eigenvalue weighted by molar-refractivity contribution is 0.0992. The molecule has 0 radical (unpaired) electrons. The van der Waals surface area contributed by atoms with Crippen LogP contribution in [0.25, 0.3) is 0 Å². The van der Waals surface area contributed by atoms with Crippen molar-refractivity contribution in [3.05, 3.63) is 76.7 Å². The molecule has 0 spiro atoms. The van der Waals surface area contributed by atoms with Gasteiger partial charge in [0.25, 0.3) is 5.91 Å². The maximum Gasteiger partial charge on any atom is 0.291 e. The molecule has 26 heavy (non-hydrogen) atoms. The van der Waals surface area contributed by atoms with E-state index < -0.39 is 0 Å². The maximum atomic E-state index is 12.2. The number of furan rings is 1. The van der Waals surface area contributed by atoms with Crippen molar-refractivity contribution in [3.8, 4) is 11.5 Å². The van der Waals surface area contributed by atoms with Gasteiger partial charge in [-0.15, -0.1) is 0 Å². The van der Waals surface area contributed by atoms with E-state index in [0.717, 1.165) is 11.3 Å². The van der Waals surface area contributed by atoms with E-state index in [9.17, 15) is 4.79 Å². The van der Waals surface area contributed by atoms with E-state index in [1.54, 1.807) is 55.6 Å². The third-order valence-corrected chi connectivity index (χ3v) is 4.17. The van der Waals surface area contributed by atoms with Gasteiger partial charge in [-0.25, -0.2) is 0 Å². The molecule has 1 amide bonds. The first-order valence-electron chi connectivity index (χ1n) is 7.98. The zero-order chi connectivity index (χ0) is 18.5. The minimum atomic E-state index is -0.330. The molecule has 0 aliphatic carbocycles. The van der Waals surface area contributed by atoms with Crippen LogP contribution in [0.2, 0.25) is 5.02 Å². The van der Waals surface area contributed by atoms with Crippen molar-refractivity contribution >= 4 is 23.2 Å². The van der Waals surface area contributed by atoms with Crippen LogP contribution in [-0.2, 0) is 6.61 Å². The van der Waals surface area contributed by atoms with Crippen LogP contribution in [0.15, 0.2) is 59.0 Å². The van der Waals surface area contributed by atoms with Gasteiger partial charge in [-0.2, -0.15) is 0 Å². The molecule has 0 fully saturated rings. The second kappa shape index (κ2) is 7.97. The highest BCUT2D eigenvalue weighted by Gasteiger charge is 2.12. The number of rotatable bonds is 6. The maximum absolute atomic E-state index is 12.2. The van der Waals surface area contributed by atoms with E-state index in [1.807, 2.05) is 13.0 Å². The molecule has 5 nitrogen and oxygen atoms in total. The van der Waals surface area contributed by atoms with Crippen molar-refractivity contribution in [1.82, 2.24) is 0 Å². The molecule has 1 N–H and O–H groups in total. The third kappa shape index (κ3) is 4.37.